The predicted octanol–water partition coefficient (Wildman–Crippen LogP) is 2.12. The van der Waals surface area contributed by atoms with Crippen molar-refractivity contribution in [1.82, 2.24) is 14.5 Å². The van der Waals surface area contributed by atoms with Crippen LogP contribution in [0.4, 0.5) is 13.2 Å². The summed E-state index contributed by atoms with van der Waals surface area (Å²) in [6, 6.07) is 9.98. The maximum atomic E-state index is 13.3. The largest absolute Gasteiger partial charge is 0.417 e. The fourth-order valence-corrected chi connectivity index (χ4v) is 5.20. The molecule has 4 rings (SSSR count). The number of benzene rings is 2. The molecule has 0 bridgehead atoms. The minimum Gasteiger partial charge on any atom is -0.337 e. The Hall–Kier alpha value is -3.41. The molecular formula is C22H21F3N4O4S. The van der Waals surface area contributed by atoms with Crippen molar-refractivity contribution >= 4 is 27.7 Å². The van der Waals surface area contributed by atoms with Crippen LogP contribution < -0.4 is 4.72 Å². The quantitative estimate of drug-likeness (QED) is 0.707. The Bertz CT molecular complexity index is 1270. The van der Waals surface area contributed by atoms with E-state index in [0.29, 0.717) is 5.56 Å². The summed E-state index contributed by atoms with van der Waals surface area (Å²) in [7, 11) is -3.74. The summed E-state index contributed by atoms with van der Waals surface area (Å²) in [6.45, 7) is 1.90. The molecule has 0 unspecified atom stereocenters. The molecule has 34 heavy (non-hydrogen) atoms. The first kappa shape index (κ1) is 23.7. The van der Waals surface area contributed by atoms with Crippen LogP contribution in [0.5, 0.6) is 0 Å². The van der Waals surface area contributed by atoms with Gasteiger partial charge in [0.2, 0.25) is 5.91 Å². The minimum atomic E-state index is -4.65. The second-order valence-corrected chi connectivity index (χ2v) is 9.57. The SMILES string of the molecule is C[C@H](N=C1NS(=O)(=O)c2ccccc21)C(=O)N1CCN(C(=O)c2ccccc2C(F)(F)F)CC1. The van der Waals surface area contributed by atoms with Gasteiger partial charge in [0.05, 0.1) is 16.0 Å². The van der Waals surface area contributed by atoms with Gasteiger partial charge in [-0.25, -0.2) is 8.42 Å². The predicted molar refractivity (Wildman–Crippen MR) is 117 cm³/mol. The van der Waals surface area contributed by atoms with Gasteiger partial charge < -0.3 is 9.80 Å². The highest BCUT2D eigenvalue weighted by molar-refractivity contribution is 7.90. The third-order valence-corrected chi connectivity index (χ3v) is 7.08. The van der Waals surface area contributed by atoms with Gasteiger partial charge in [-0.15, -0.1) is 0 Å². The third kappa shape index (κ3) is 4.49. The maximum Gasteiger partial charge on any atom is 0.417 e. The Morgan fingerprint density at radius 2 is 1.56 bits per heavy atom. The fourth-order valence-electron chi connectivity index (χ4n) is 3.96. The molecule has 0 spiro atoms. The van der Waals surface area contributed by atoms with E-state index in [1.165, 1.54) is 34.9 Å². The smallest absolute Gasteiger partial charge is 0.337 e. The van der Waals surface area contributed by atoms with Gasteiger partial charge >= 0.3 is 6.18 Å². The number of hydrogen-bond donors (Lipinski definition) is 1. The topological polar surface area (TPSA) is 99.1 Å². The lowest BCUT2D eigenvalue weighted by Gasteiger charge is -2.35. The van der Waals surface area contributed by atoms with Gasteiger partial charge in [-0.2, -0.15) is 13.2 Å². The number of carbonyl (C=O) groups excluding carboxylic acids is 2. The van der Waals surface area contributed by atoms with Gasteiger partial charge in [0.25, 0.3) is 15.9 Å². The maximum absolute atomic E-state index is 13.3. The van der Waals surface area contributed by atoms with Crippen molar-refractivity contribution in [1.29, 1.82) is 0 Å². The average Bonchev–Trinajstić information content (AvgIpc) is 3.07. The van der Waals surface area contributed by atoms with Crippen LogP contribution in [0.15, 0.2) is 58.4 Å². The van der Waals surface area contributed by atoms with Crippen molar-refractivity contribution in [3.8, 4) is 0 Å². The van der Waals surface area contributed by atoms with Crippen LogP contribution >= 0.6 is 0 Å². The van der Waals surface area contributed by atoms with E-state index >= 15 is 0 Å². The van der Waals surface area contributed by atoms with Gasteiger partial charge in [-0.3, -0.25) is 19.3 Å². The molecule has 2 aliphatic heterocycles. The average molecular weight is 494 g/mol. The first-order valence-electron chi connectivity index (χ1n) is 10.4. The van der Waals surface area contributed by atoms with Crippen molar-refractivity contribution < 1.29 is 31.2 Å². The molecule has 1 atom stereocenters. The summed E-state index contributed by atoms with van der Waals surface area (Å²) in [6.07, 6.45) is -4.65. The molecule has 8 nitrogen and oxygen atoms in total. The summed E-state index contributed by atoms with van der Waals surface area (Å²) in [4.78, 5) is 32.7. The van der Waals surface area contributed by atoms with E-state index in [1.54, 1.807) is 18.2 Å². The van der Waals surface area contributed by atoms with E-state index in [0.717, 1.165) is 12.1 Å². The van der Waals surface area contributed by atoms with Gasteiger partial charge in [0.15, 0.2) is 0 Å². The minimum absolute atomic E-state index is 0.0650. The van der Waals surface area contributed by atoms with Crippen LogP contribution in [-0.2, 0) is 21.0 Å². The van der Waals surface area contributed by atoms with Crippen LogP contribution in [0.25, 0.3) is 0 Å². The lowest BCUT2D eigenvalue weighted by atomic mass is 10.1. The van der Waals surface area contributed by atoms with Crippen molar-refractivity contribution in [2.45, 2.75) is 24.0 Å². The molecule has 2 amide bonds. The third-order valence-electron chi connectivity index (χ3n) is 5.68. The molecule has 2 aliphatic rings. The zero-order valence-electron chi connectivity index (χ0n) is 18.0. The van der Waals surface area contributed by atoms with E-state index < -0.39 is 39.3 Å². The number of sulfonamides is 1. The van der Waals surface area contributed by atoms with Crippen molar-refractivity contribution in [2.75, 3.05) is 26.2 Å². The van der Waals surface area contributed by atoms with Crippen LogP contribution in [-0.4, -0.2) is 68.1 Å². The number of nitrogens with zero attached hydrogens (tertiary/aromatic N) is 3. The number of amides is 2. The van der Waals surface area contributed by atoms with Crippen LogP contribution in [0.2, 0.25) is 0 Å². The van der Waals surface area contributed by atoms with Crippen LogP contribution in [0.3, 0.4) is 0 Å². The van der Waals surface area contributed by atoms with Crippen LogP contribution in [0.1, 0.15) is 28.4 Å². The number of fused-ring (bicyclic) bond motifs is 1. The van der Waals surface area contributed by atoms with Crippen molar-refractivity contribution in [3.63, 3.8) is 0 Å². The number of nitrogens with one attached hydrogen (secondary N) is 1. The van der Waals surface area contributed by atoms with Crippen molar-refractivity contribution in [2.24, 2.45) is 4.99 Å². The molecule has 180 valence electrons. The molecule has 1 fully saturated rings. The lowest BCUT2D eigenvalue weighted by Crippen LogP contribution is -2.52. The molecule has 1 saturated heterocycles. The number of halogens is 3. The van der Waals surface area contributed by atoms with Gasteiger partial charge in [0.1, 0.15) is 11.9 Å². The first-order chi connectivity index (χ1) is 16.0. The van der Waals surface area contributed by atoms with Gasteiger partial charge in [-0.1, -0.05) is 24.3 Å². The molecule has 2 aromatic carbocycles. The fraction of sp³-hybridized carbons (Fsp3) is 0.318. The molecule has 0 saturated carbocycles. The second-order valence-electron chi connectivity index (χ2n) is 7.92. The van der Waals surface area contributed by atoms with E-state index in [1.807, 2.05) is 0 Å². The highest BCUT2D eigenvalue weighted by Crippen LogP contribution is 2.32. The Balaban J connectivity index is 1.43. The summed E-state index contributed by atoms with van der Waals surface area (Å²) in [5.41, 5.74) is -1.05. The number of hydrogen-bond acceptors (Lipinski definition) is 5. The molecular weight excluding hydrogens is 473 g/mol. The van der Waals surface area contributed by atoms with Gasteiger partial charge in [-0.05, 0) is 31.2 Å². The Kier molecular flexibility index (Phi) is 6.11. The summed E-state index contributed by atoms with van der Waals surface area (Å²) < 4.78 is 66.6. The zero-order valence-corrected chi connectivity index (χ0v) is 18.9. The van der Waals surface area contributed by atoms with E-state index in [4.69, 9.17) is 0 Å². The molecule has 2 aromatic rings. The number of piperazine rings is 1. The number of amidine groups is 1. The molecule has 0 radical (unpaired) electrons. The molecule has 0 aromatic heterocycles. The molecule has 1 N–H and O–H groups in total. The Morgan fingerprint density at radius 3 is 2.24 bits per heavy atom. The monoisotopic (exact) mass is 494 g/mol. The van der Waals surface area contributed by atoms with Crippen molar-refractivity contribution in [3.05, 3.63) is 65.2 Å². The molecule has 0 aliphatic carbocycles. The molecule has 12 heteroatoms. The lowest BCUT2D eigenvalue weighted by molar-refractivity contribution is -0.138. The van der Waals surface area contributed by atoms with E-state index in [-0.39, 0.29) is 42.8 Å². The van der Waals surface area contributed by atoms with Gasteiger partial charge in [0, 0.05) is 31.7 Å². The first-order valence-corrected chi connectivity index (χ1v) is 11.9. The Morgan fingerprint density at radius 1 is 0.971 bits per heavy atom. The zero-order chi connectivity index (χ0) is 24.7. The normalized spacial score (nSPS) is 19.5. The second kappa shape index (κ2) is 8.75. The summed E-state index contributed by atoms with van der Waals surface area (Å²) >= 11 is 0. The number of alkyl halides is 3. The number of rotatable bonds is 3. The highest BCUT2D eigenvalue weighted by atomic mass is 32.2. The number of carbonyl (C=O) groups is 2. The van der Waals surface area contributed by atoms with E-state index in [9.17, 15) is 31.2 Å². The van der Waals surface area contributed by atoms with E-state index in [2.05, 4.69) is 9.71 Å². The standard InChI is InChI=1S/C22H21F3N4O4S/c1-14(26-19-16-7-3-5-9-18(16)34(32,33)27-19)20(30)28-10-12-29(13-11-28)21(31)15-6-2-4-8-17(15)22(23,24)25/h2-9,14H,10-13H2,1H3,(H,26,27)/t14-/m0/s1. The number of aliphatic imine (C=N–C) groups is 1. The van der Waals surface area contributed by atoms with Crippen LogP contribution in [0, 0.1) is 0 Å². The highest BCUT2D eigenvalue weighted by Gasteiger charge is 2.37. The summed E-state index contributed by atoms with van der Waals surface area (Å²) in [5.74, 6) is -1.04. The summed E-state index contributed by atoms with van der Waals surface area (Å²) in [5, 5.41) is 0. The Labute approximate surface area is 194 Å². The molecule has 2 heterocycles.